The minimum Gasteiger partial charge on any atom is -0.491 e. The molecule has 1 amide bonds. The second kappa shape index (κ2) is 8.66. The largest absolute Gasteiger partial charge is 0.491 e. The molecule has 1 aliphatic heterocycles. The van der Waals surface area contributed by atoms with Crippen LogP contribution in [0.25, 0.3) is 0 Å². The van der Waals surface area contributed by atoms with Gasteiger partial charge in [0.1, 0.15) is 29.7 Å². The van der Waals surface area contributed by atoms with Crippen LogP contribution in [0.5, 0.6) is 5.75 Å². The number of carboxylic acid groups (broad SMARTS) is 1. The van der Waals surface area contributed by atoms with Crippen LogP contribution >= 0.6 is 0 Å². The molecule has 9 heteroatoms. The average Bonchev–Trinajstić information content (AvgIpc) is 3.48. The number of hydrogen-bond donors (Lipinski definition) is 1. The number of halogens is 1. The molecule has 29 heavy (non-hydrogen) atoms. The lowest BCUT2D eigenvalue weighted by Gasteiger charge is -2.33. The summed E-state index contributed by atoms with van der Waals surface area (Å²) in [6.07, 6.45) is 0.350. The average molecular weight is 405 g/mol. The third-order valence-electron chi connectivity index (χ3n) is 5.34. The molecule has 2 fully saturated rings. The number of carbonyl (C=O) groups excluding carboxylic acids is 1. The van der Waals surface area contributed by atoms with E-state index in [1.807, 2.05) is 11.0 Å². The predicted octanol–water partition coefficient (Wildman–Crippen LogP) is 2.22. The van der Waals surface area contributed by atoms with Gasteiger partial charge in [0.05, 0.1) is 12.2 Å². The van der Waals surface area contributed by atoms with Gasteiger partial charge >= 0.3 is 12.1 Å². The van der Waals surface area contributed by atoms with Crippen molar-refractivity contribution in [2.24, 2.45) is 5.41 Å². The highest BCUT2D eigenvalue weighted by molar-refractivity contribution is 5.80. The molecule has 1 aromatic rings. The highest BCUT2D eigenvalue weighted by Gasteiger charge is 2.52. The molecule has 2 aliphatic rings. The summed E-state index contributed by atoms with van der Waals surface area (Å²) in [5, 5.41) is 18.5. The van der Waals surface area contributed by atoms with Gasteiger partial charge in [-0.2, -0.15) is 5.26 Å². The van der Waals surface area contributed by atoms with Crippen molar-refractivity contribution in [1.29, 1.82) is 5.26 Å². The predicted molar refractivity (Wildman–Crippen MR) is 99.8 cm³/mol. The Morgan fingerprint density at radius 1 is 1.28 bits per heavy atom. The van der Waals surface area contributed by atoms with E-state index < -0.39 is 17.3 Å². The third-order valence-corrected chi connectivity index (χ3v) is 5.34. The van der Waals surface area contributed by atoms with Gasteiger partial charge in [-0.1, -0.05) is 0 Å². The zero-order valence-electron chi connectivity index (χ0n) is 16.3. The number of rotatable bonds is 7. The number of benzene rings is 1. The molecule has 0 atom stereocenters. The molecule has 0 spiro atoms. The first-order valence-electron chi connectivity index (χ1n) is 9.61. The molecular formula is C20H24FN3O5. The highest BCUT2D eigenvalue weighted by Crippen LogP contribution is 2.47. The Hall–Kier alpha value is -2.86. The summed E-state index contributed by atoms with van der Waals surface area (Å²) in [7, 11) is 0. The number of piperazine rings is 1. The molecule has 1 N–H and O–H groups in total. The van der Waals surface area contributed by atoms with Crippen LogP contribution in [0.15, 0.2) is 12.1 Å². The van der Waals surface area contributed by atoms with Crippen molar-refractivity contribution >= 4 is 12.1 Å². The number of ether oxygens (including phenoxy) is 2. The monoisotopic (exact) mass is 405 g/mol. The van der Waals surface area contributed by atoms with Crippen LogP contribution in [0.2, 0.25) is 0 Å². The standard InChI is InChI=1S/C20H24FN3O5/c1-2-28-18(25)20(3-4-20)13-29-17-14(11-22)9-16(21)10-15(17)12-23-5-7-24(8-6-23)19(26)27/h9-10H,2-8,12-13H2,1H3,(H,26,27). The van der Waals surface area contributed by atoms with E-state index in [1.165, 1.54) is 11.0 Å². The van der Waals surface area contributed by atoms with E-state index in [9.17, 15) is 19.2 Å². The molecule has 0 unspecified atom stereocenters. The van der Waals surface area contributed by atoms with Gasteiger partial charge in [-0.05, 0) is 31.9 Å². The van der Waals surface area contributed by atoms with Crippen LogP contribution in [-0.2, 0) is 16.1 Å². The lowest BCUT2D eigenvalue weighted by molar-refractivity contribution is -0.150. The van der Waals surface area contributed by atoms with Crippen LogP contribution in [0.4, 0.5) is 9.18 Å². The Kier molecular flexibility index (Phi) is 6.23. The zero-order valence-corrected chi connectivity index (χ0v) is 16.3. The van der Waals surface area contributed by atoms with Crippen molar-refractivity contribution in [2.75, 3.05) is 39.4 Å². The van der Waals surface area contributed by atoms with E-state index in [2.05, 4.69) is 0 Å². The van der Waals surface area contributed by atoms with Gasteiger partial charge in [0.25, 0.3) is 0 Å². The summed E-state index contributed by atoms with van der Waals surface area (Å²) in [5.41, 5.74) is -0.115. The zero-order chi connectivity index (χ0) is 21.0. The summed E-state index contributed by atoms with van der Waals surface area (Å²) < 4.78 is 25.0. The third kappa shape index (κ3) is 4.77. The number of amides is 1. The molecule has 1 saturated carbocycles. The maximum Gasteiger partial charge on any atom is 0.407 e. The molecule has 3 rings (SSSR count). The van der Waals surface area contributed by atoms with Crippen LogP contribution in [0, 0.1) is 22.6 Å². The fraction of sp³-hybridized carbons (Fsp3) is 0.550. The number of nitriles is 1. The first kappa shape index (κ1) is 20.9. The molecule has 0 aromatic heterocycles. The van der Waals surface area contributed by atoms with Crippen molar-refractivity contribution in [3.05, 3.63) is 29.1 Å². The van der Waals surface area contributed by atoms with Gasteiger partial charge in [-0.15, -0.1) is 0 Å². The Morgan fingerprint density at radius 2 is 1.97 bits per heavy atom. The van der Waals surface area contributed by atoms with Crippen LogP contribution in [0.3, 0.4) is 0 Å². The van der Waals surface area contributed by atoms with Crippen molar-refractivity contribution in [1.82, 2.24) is 9.80 Å². The van der Waals surface area contributed by atoms with Crippen molar-refractivity contribution < 1.29 is 28.6 Å². The highest BCUT2D eigenvalue weighted by atomic mass is 19.1. The molecular weight excluding hydrogens is 381 g/mol. The number of hydrogen-bond acceptors (Lipinski definition) is 6. The van der Waals surface area contributed by atoms with Gasteiger partial charge in [-0.3, -0.25) is 9.69 Å². The molecule has 0 radical (unpaired) electrons. The van der Waals surface area contributed by atoms with Gasteiger partial charge in [-0.25, -0.2) is 9.18 Å². The fourth-order valence-electron chi connectivity index (χ4n) is 3.41. The van der Waals surface area contributed by atoms with Crippen molar-refractivity contribution in [3.63, 3.8) is 0 Å². The first-order valence-corrected chi connectivity index (χ1v) is 9.61. The van der Waals surface area contributed by atoms with E-state index in [1.54, 1.807) is 6.92 Å². The molecule has 0 bridgehead atoms. The molecule has 156 valence electrons. The Morgan fingerprint density at radius 3 is 2.52 bits per heavy atom. The van der Waals surface area contributed by atoms with Crippen LogP contribution in [-0.4, -0.2) is 66.4 Å². The van der Waals surface area contributed by atoms with Crippen molar-refractivity contribution in [2.45, 2.75) is 26.3 Å². The smallest absolute Gasteiger partial charge is 0.407 e. The summed E-state index contributed by atoms with van der Waals surface area (Å²) in [4.78, 5) is 26.5. The summed E-state index contributed by atoms with van der Waals surface area (Å²) in [6, 6.07) is 4.40. The van der Waals surface area contributed by atoms with E-state index in [-0.39, 0.29) is 30.5 Å². The van der Waals surface area contributed by atoms with Gasteiger partial charge in [0.2, 0.25) is 0 Å². The Labute approximate surface area is 168 Å². The summed E-state index contributed by atoms with van der Waals surface area (Å²) in [5.74, 6) is -0.586. The van der Waals surface area contributed by atoms with E-state index in [0.717, 1.165) is 6.07 Å². The van der Waals surface area contributed by atoms with Crippen LogP contribution in [0.1, 0.15) is 30.9 Å². The maximum atomic E-state index is 14.0. The molecule has 8 nitrogen and oxygen atoms in total. The lowest BCUT2D eigenvalue weighted by Crippen LogP contribution is -2.47. The molecule has 1 saturated heterocycles. The number of carbonyl (C=O) groups is 2. The van der Waals surface area contributed by atoms with E-state index >= 15 is 0 Å². The quantitative estimate of drug-likeness (QED) is 0.694. The second-order valence-electron chi connectivity index (χ2n) is 7.39. The topological polar surface area (TPSA) is 103 Å². The van der Waals surface area contributed by atoms with E-state index in [4.69, 9.17) is 14.6 Å². The van der Waals surface area contributed by atoms with E-state index in [0.29, 0.717) is 51.1 Å². The van der Waals surface area contributed by atoms with Gasteiger partial charge < -0.3 is 19.5 Å². The van der Waals surface area contributed by atoms with Crippen LogP contribution < -0.4 is 4.74 Å². The fourth-order valence-corrected chi connectivity index (χ4v) is 3.41. The number of nitrogens with zero attached hydrogens (tertiary/aromatic N) is 3. The Bertz CT molecular complexity index is 826. The minimum atomic E-state index is -0.958. The van der Waals surface area contributed by atoms with Gasteiger partial charge in [0.15, 0.2) is 0 Å². The second-order valence-corrected chi connectivity index (χ2v) is 7.39. The Balaban J connectivity index is 1.74. The molecule has 1 heterocycles. The minimum absolute atomic E-state index is 0.0730. The summed E-state index contributed by atoms with van der Waals surface area (Å²) >= 11 is 0. The number of esters is 1. The van der Waals surface area contributed by atoms with Crippen molar-refractivity contribution in [3.8, 4) is 11.8 Å². The maximum absolute atomic E-state index is 14.0. The lowest BCUT2D eigenvalue weighted by atomic mass is 10.1. The first-order chi connectivity index (χ1) is 13.9. The summed E-state index contributed by atoms with van der Waals surface area (Å²) in [6.45, 7) is 4.14. The molecule has 1 aromatic carbocycles. The SMILES string of the molecule is CCOC(=O)C1(COc2c(C#N)cc(F)cc2CN2CCN(C(=O)O)CC2)CC1. The normalized spacial score (nSPS) is 18.0. The molecule has 1 aliphatic carbocycles. The van der Waals surface area contributed by atoms with Gasteiger partial charge in [0, 0.05) is 38.3 Å².